The standard InChI is InChI=1S/C38H41ClN2O3/c1-3-5-7-13-23-41(24-14-8-6-4-2)28-20-21-31-36(26-28)43-35-22-19-27(40-34-18-12-11-17-33(34)39)25-32(35)38(31)30-16-10-9-15-29(30)37(42)44-38/h9-12,15-22,25-26,40H,3-8,13-14,23-24H2,1-2H3. The first-order valence-electron chi connectivity index (χ1n) is 16.1. The number of halogens is 1. The van der Waals surface area contributed by atoms with E-state index in [0.717, 1.165) is 52.6 Å². The third-order valence-corrected chi connectivity index (χ3v) is 9.11. The summed E-state index contributed by atoms with van der Waals surface area (Å²) in [6.07, 6.45) is 9.76. The Kier molecular flexibility index (Phi) is 9.13. The summed E-state index contributed by atoms with van der Waals surface area (Å²) in [6.45, 7) is 6.53. The number of unbranched alkanes of at least 4 members (excludes halogenated alkanes) is 6. The normalized spacial score (nSPS) is 16.1. The molecule has 44 heavy (non-hydrogen) atoms. The van der Waals surface area contributed by atoms with Crippen molar-refractivity contribution in [3.8, 4) is 11.5 Å². The first-order valence-corrected chi connectivity index (χ1v) is 16.5. The third-order valence-electron chi connectivity index (χ3n) is 8.78. The van der Waals surface area contributed by atoms with Crippen molar-refractivity contribution in [2.24, 2.45) is 0 Å². The number of hydrogen-bond acceptors (Lipinski definition) is 5. The Balaban J connectivity index is 1.41. The minimum absolute atomic E-state index is 0.332. The van der Waals surface area contributed by atoms with Gasteiger partial charge < -0.3 is 19.7 Å². The summed E-state index contributed by atoms with van der Waals surface area (Å²) >= 11 is 6.47. The highest BCUT2D eigenvalue weighted by atomic mass is 35.5. The van der Waals surface area contributed by atoms with Crippen molar-refractivity contribution in [2.75, 3.05) is 23.3 Å². The summed E-state index contributed by atoms with van der Waals surface area (Å²) in [5, 5.41) is 4.06. The molecule has 2 aliphatic heterocycles. The molecule has 228 valence electrons. The first-order chi connectivity index (χ1) is 21.5. The van der Waals surface area contributed by atoms with Crippen LogP contribution in [0.25, 0.3) is 0 Å². The Labute approximate surface area is 266 Å². The second-order valence-electron chi connectivity index (χ2n) is 11.8. The van der Waals surface area contributed by atoms with E-state index in [1.165, 1.54) is 51.4 Å². The molecule has 0 fully saturated rings. The summed E-state index contributed by atoms with van der Waals surface area (Å²) in [4.78, 5) is 15.9. The second kappa shape index (κ2) is 13.4. The highest BCUT2D eigenvalue weighted by molar-refractivity contribution is 6.33. The van der Waals surface area contributed by atoms with Crippen molar-refractivity contribution in [3.05, 3.63) is 112 Å². The fraction of sp³-hybridized carbons (Fsp3) is 0.342. The summed E-state index contributed by atoms with van der Waals surface area (Å²) < 4.78 is 13.1. The third kappa shape index (κ3) is 5.78. The first kappa shape index (κ1) is 30.1. The molecule has 0 aliphatic carbocycles. The number of nitrogens with zero attached hydrogens (tertiary/aromatic N) is 1. The van der Waals surface area contributed by atoms with Crippen LogP contribution in [0.3, 0.4) is 0 Å². The lowest BCUT2D eigenvalue weighted by molar-refractivity contribution is 0.0224. The van der Waals surface area contributed by atoms with E-state index in [1.54, 1.807) is 0 Å². The predicted molar refractivity (Wildman–Crippen MR) is 180 cm³/mol. The average Bonchev–Trinajstić information content (AvgIpc) is 3.34. The molecule has 4 aromatic rings. The summed E-state index contributed by atoms with van der Waals surface area (Å²) in [5.74, 6) is 1.06. The lowest BCUT2D eigenvalue weighted by Gasteiger charge is -2.37. The average molecular weight is 609 g/mol. The van der Waals surface area contributed by atoms with Gasteiger partial charge in [-0.2, -0.15) is 0 Å². The van der Waals surface area contributed by atoms with Crippen molar-refractivity contribution in [1.82, 2.24) is 0 Å². The minimum atomic E-state index is -1.12. The molecule has 2 aliphatic rings. The van der Waals surface area contributed by atoms with E-state index < -0.39 is 5.60 Å². The maximum Gasteiger partial charge on any atom is 0.340 e. The molecule has 4 aromatic carbocycles. The number of ether oxygens (including phenoxy) is 2. The number of esters is 1. The molecular weight excluding hydrogens is 568 g/mol. The summed E-state index contributed by atoms with van der Waals surface area (Å²) in [5.41, 5.74) is 4.66. The van der Waals surface area contributed by atoms with Crippen LogP contribution in [0.4, 0.5) is 17.1 Å². The summed E-state index contributed by atoms with van der Waals surface area (Å²) in [7, 11) is 0. The fourth-order valence-electron chi connectivity index (χ4n) is 6.48. The largest absolute Gasteiger partial charge is 0.456 e. The molecule has 5 nitrogen and oxygen atoms in total. The van der Waals surface area contributed by atoms with Crippen molar-refractivity contribution in [1.29, 1.82) is 0 Å². The van der Waals surface area contributed by atoms with Crippen molar-refractivity contribution in [3.63, 3.8) is 0 Å². The van der Waals surface area contributed by atoms with Gasteiger partial charge in [0.15, 0.2) is 5.60 Å². The Hall–Kier alpha value is -3.96. The Morgan fingerprint density at radius 3 is 2.20 bits per heavy atom. The molecule has 0 amide bonds. The highest BCUT2D eigenvalue weighted by Gasteiger charge is 2.53. The Morgan fingerprint density at radius 2 is 1.45 bits per heavy atom. The molecule has 1 N–H and O–H groups in total. The van der Waals surface area contributed by atoms with Crippen LogP contribution in [-0.2, 0) is 10.3 Å². The number of hydrogen-bond donors (Lipinski definition) is 1. The lowest BCUT2D eigenvalue weighted by atomic mass is 9.77. The van der Waals surface area contributed by atoms with Crippen molar-refractivity contribution >= 4 is 34.6 Å². The van der Waals surface area contributed by atoms with Gasteiger partial charge in [0.05, 0.1) is 16.3 Å². The molecule has 0 saturated carbocycles. The number of nitrogens with one attached hydrogen (secondary N) is 1. The van der Waals surface area contributed by atoms with Gasteiger partial charge in [0.25, 0.3) is 0 Å². The van der Waals surface area contributed by atoms with Crippen LogP contribution in [0.1, 0.15) is 92.3 Å². The molecule has 0 bridgehead atoms. The Morgan fingerprint density at radius 1 is 0.727 bits per heavy atom. The van der Waals surface area contributed by atoms with Gasteiger partial charge in [-0.15, -0.1) is 0 Å². The molecule has 6 heteroatoms. The lowest BCUT2D eigenvalue weighted by Crippen LogP contribution is -2.33. The number of anilines is 3. The monoisotopic (exact) mass is 608 g/mol. The van der Waals surface area contributed by atoms with Crippen LogP contribution in [0.5, 0.6) is 11.5 Å². The minimum Gasteiger partial charge on any atom is -0.456 e. The molecule has 1 unspecified atom stereocenters. The number of para-hydroxylation sites is 1. The van der Waals surface area contributed by atoms with Gasteiger partial charge in [0.2, 0.25) is 0 Å². The van der Waals surface area contributed by atoms with E-state index >= 15 is 0 Å². The van der Waals surface area contributed by atoms with Gasteiger partial charge in [-0.25, -0.2) is 4.79 Å². The topological polar surface area (TPSA) is 50.8 Å². The summed E-state index contributed by atoms with van der Waals surface area (Å²) in [6, 6.07) is 27.7. The zero-order valence-corrected chi connectivity index (χ0v) is 26.5. The van der Waals surface area contributed by atoms with Gasteiger partial charge in [-0.3, -0.25) is 0 Å². The van der Waals surface area contributed by atoms with Crippen molar-refractivity contribution in [2.45, 2.75) is 70.8 Å². The molecule has 0 radical (unpaired) electrons. The maximum absolute atomic E-state index is 13.4. The maximum atomic E-state index is 13.4. The smallest absolute Gasteiger partial charge is 0.340 e. The second-order valence-corrected chi connectivity index (χ2v) is 12.2. The van der Waals surface area contributed by atoms with Gasteiger partial charge in [0.1, 0.15) is 11.5 Å². The molecule has 0 aromatic heterocycles. The quantitative estimate of drug-likeness (QED) is 0.121. The van der Waals surface area contributed by atoms with E-state index in [9.17, 15) is 4.79 Å². The van der Waals surface area contributed by atoms with E-state index in [0.29, 0.717) is 16.3 Å². The van der Waals surface area contributed by atoms with Gasteiger partial charge in [0, 0.05) is 47.2 Å². The molecule has 6 rings (SSSR count). The van der Waals surface area contributed by atoms with Gasteiger partial charge in [-0.05, 0) is 61.4 Å². The van der Waals surface area contributed by atoms with Crippen LogP contribution < -0.4 is 15.0 Å². The number of carbonyl (C=O) groups excluding carboxylic acids is 1. The zero-order valence-electron chi connectivity index (χ0n) is 25.7. The van der Waals surface area contributed by atoms with E-state index in [1.807, 2.05) is 66.7 Å². The van der Waals surface area contributed by atoms with E-state index in [4.69, 9.17) is 21.1 Å². The molecule has 0 saturated heterocycles. The van der Waals surface area contributed by atoms with Gasteiger partial charge >= 0.3 is 5.97 Å². The molecule has 1 spiro atoms. The SMILES string of the molecule is CCCCCCN(CCCCCC)c1ccc2c(c1)Oc1ccc(Nc3ccccc3Cl)cc1C21OC(=O)c2ccccc21. The number of fused-ring (bicyclic) bond motifs is 6. The van der Waals surface area contributed by atoms with E-state index in [-0.39, 0.29) is 5.97 Å². The number of rotatable bonds is 13. The number of carbonyl (C=O) groups is 1. The zero-order chi connectivity index (χ0) is 30.5. The molecular formula is C38H41ClN2O3. The van der Waals surface area contributed by atoms with E-state index in [2.05, 4.69) is 42.3 Å². The van der Waals surface area contributed by atoms with Crippen LogP contribution >= 0.6 is 11.6 Å². The molecule has 2 heterocycles. The van der Waals surface area contributed by atoms with Crippen LogP contribution in [0.2, 0.25) is 5.02 Å². The Bertz CT molecular complexity index is 1620. The van der Waals surface area contributed by atoms with Crippen molar-refractivity contribution < 1.29 is 14.3 Å². The van der Waals surface area contributed by atoms with Gasteiger partial charge in [-0.1, -0.05) is 94.3 Å². The predicted octanol–water partition coefficient (Wildman–Crippen LogP) is 10.6. The van der Waals surface area contributed by atoms with Crippen LogP contribution in [0.15, 0.2) is 84.9 Å². The number of benzene rings is 4. The molecule has 1 atom stereocenters. The van der Waals surface area contributed by atoms with Crippen LogP contribution in [0, 0.1) is 0 Å². The van der Waals surface area contributed by atoms with Crippen LogP contribution in [-0.4, -0.2) is 19.1 Å². The highest BCUT2D eigenvalue weighted by Crippen LogP contribution is 2.57. The fourth-order valence-corrected chi connectivity index (χ4v) is 6.67.